The summed E-state index contributed by atoms with van der Waals surface area (Å²) in [5, 5.41) is 3.16. The fourth-order valence-corrected chi connectivity index (χ4v) is 4.14. The normalized spacial score (nSPS) is 19.6. The highest BCUT2D eigenvalue weighted by Crippen LogP contribution is 2.21. The number of carbonyl (C=O) groups excluding carboxylic acids is 2. The standard InChI is InChI=1S/C22H33N3O2/c1-16(2)22(27)24-11-9-19(10-12-24)21(26)23-14-17(3)25-13-8-18-6-4-5-7-20(18)15-25/h4-7,16-17,19H,8-15H2,1-3H3,(H,23,26). The van der Waals surface area contributed by atoms with Crippen molar-refractivity contribution in [2.75, 3.05) is 26.2 Å². The molecule has 0 saturated carbocycles. The van der Waals surface area contributed by atoms with Crippen LogP contribution < -0.4 is 5.32 Å². The fourth-order valence-electron chi connectivity index (χ4n) is 4.14. The topological polar surface area (TPSA) is 52.7 Å². The van der Waals surface area contributed by atoms with E-state index >= 15 is 0 Å². The van der Waals surface area contributed by atoms with Crippen molar-refractivity contribution in [3.05, 3.63) is 35.4 Å². The molecule has 3 rings (SSSR count). The van der Waals surface area contributed by atoms with Crippen molar-refractivity contribution in [3.63, 3.8) is 0 Å². The molecular formula is C22H33N3O2. The SMILES string of the molecule is CC(C)C(=O)N1CCC(C(=O)NCC(C)N2CCc3ccccc3C2)CC1. The quantitative estimate of drug-likeness (QED) is 0.865. The Hall–Kier alpha value is -1.88. The second-order valence-corrected chi connectivity index (χ2v) is 8.34. The Kier molecular flexibility index (Phi) is 6.53. The maximum Gasteiger partial charge on any atom is 0.225 e. The molecule has 0 aliphatic carbocycles. The summed E-state index contributed by atoms with van der Waals surface area (Å²) < 4.78 is 0. The number of likely N-dealkylation sites (tertiary alicyclic amines) is 1. The van der Waals surface area contributed by atoms with E-state index in [1.165, 1.54) is 11.1 Å². The Balaban J connectivity index is 1.43. The lowest BCUT2D eigenvalue weighted by Gasteiger charge is -2.35. The highest BCUT2D eigenvalue weighted by Gasteiger charge is 2.28. The van der Waals surface area contributed by atoms with Gasteiger partial charge in [0.2, 0.25) is 11.8 Å². The number of fused-ring (bicyclic) bond motifs is 1. The number of nitrogens with zero attached hydrogens (tertiary/aromatic N) is 2. The van der Waals surface area contributed by atoms with Gasteiger partial charge in [0, 0.05) is 50.6 Å². The van der Waals surface area contributed by atoms with E-state index in [1.54, 1.807) is 0 Å². The first-order valence-electron chi connectivity index (χ1n) is 10.3. The molecule has 1 atom stereocenters. The Bertz CT molecular complexity index is 665. The minimum absolute atomic E-state index is 0.0332. The van der Waals surface area contributed by atoms with Gasteiger partial charge in [-0.05, 0) is 37.3 Å². The van der Waals surface area contributed by atoms with E-state index in [1.807, 2.05) is 18.7 Å². The first-order chi connectivity index (χ1) is 13.0. The minimum Gasteiger partial charge on any atom is -0.354 e. The van der Waals surface area contributed by atoms with Crippen LogP contribution in [0, 0.1) is 11.8 Å². The second kappa shape index (κ2) is 8.87. The maximum atomic E-state index is 12.6. The molecule has 0 spiro atoms. The lowest BCUT2D eigenvalue weighted by molar-refractivity contribution is -0.138. The van der Waals surface area contributed by atoms with Crippen LogP contribution in [0.2, 0.25) is 0 Å². The van der Waals surface area contributed by atoms with Gasteiger partial charge in [-0.15, -0.1) is 0 Å². The van der Waals surface area contributed by atoms with Crippen LogP contribution in [0.3, 0.4) is 0 Å². The lowest BCUT2D eigenvalue weighted by atomic mass is 9.95. The van der Waals surface area contributed by atoms with Crippen molar-refractivity contribution in [1.29, 1.82) is 0 Å². The predicted octanol–water partition coefficient (Wildman–Crippen LogP) is 2.44. The van der Waals surface area contributed by atoms with Gasteiger partial charge in [-0.3, -0.25) is 14.5 Å². The van der Waals surface area contributed by atoms with Crippen molar-refractivity contribution in [2.24, 2.45) is 11.8 Å². The van der Waals surface area contributed by atoms with Crippen LogP contribution in [0.15, 0.2) is 24.3 Å². The molecule has 1 N–H and O–H groups in total. The maximum absolute atomic E-state index is 12.6. The number of nitrogens with one attached hydrogen (secondary N) is 1. The van der Waals surface area contributed by atoms with E-state index in [9.17, 15) is 9.59 Å². The van der Waals surface area contributed by atoms with E-state index in [2.05, 4.69) is 41.4 Å². The van der Waals surface area contributed by atoms with Crippen LogP contribution in [-0.4, -0.2) is 53.8 Å². The summed E-state index contributed by atoms with van der Waals surface area (Å²) in [7, 11) is 0. The molecule has 27 heavy (non-hydrogen) atoms. The lowest BCUT2D eigenvalue weighted by Crippen LogP contribution is -2.48. The number of rotatable bonds is 5. The summed E-state index contributed by atoms with van der Waals surface area (Å²) in [6, 6.07) is 8.96. The second-order valence-electron chi connectivity index (χ2n) is 8.34. The van der Waals surface area contributed by atoms with Gasteiger partial charge in [0.25, 0.3) is 0 Å². The molecule has 2 aliphatic heterocycles. The third kappa shape index (κ3) is 4.89. The Morgan fingerprint density at radius 1 is 1.07 bits per heavy atom. The summed E-state index contributed by atoms with van der Waals surface area (Å²) in [4.78, 5) is 29.0. The molecule has 1 aromatic carbocycles. The molecule has 2 heterocycles. The number of benzene rings is 1. The van der Waals surface area contributed by atoms with Crippen molar-refractivity contribution in [1.82, 2.24) is 15.1 Å². The average Bonchev–Trinajstić information content (AvgIpc) is 2.70. The summed E-state index contributed by atoms with van der Waals surface area (Å²) in [5.74, 6) is 0.421. The monoisotopic (exact) mass is 371 g/mol. The smallest absolute Gasteiger partial charge is 0.225 e. The van der Waals surface area contributed by atoms with E-state index < -0.39 is 0 Å². The zero-order valence-electron chi connectivity index (χ0n) is 16.9. The third-order valence-corrected chi connectivity index (χ3v) is 6.03. The van der Waals surface area contributed by atoms with Gasteiger partial charge in [0.1, 0.15) is 0 Å². The first kappa shape index (κ1) is 19.9. The molecule has 1 saturated heterocycles. The van der Waals surface area contributed by atoms with E-state index in [-0.39, 0.29) is 23.7 Å². The van der Waals surface area contributed by atoms with Gasteiger partial charge in [0.15, 0.2) is 0 Å². The number of hydrogen-bond donors (Lipinski definition) is 1. The zero-order valence-corrected chi connectivity index (χ0v) is 16.9. The van der Waals surface area contributed by atoms with Crippen LogP contribution in [0.4, 0.5) is 0 Å². The van der Waals surface area contributed by atoms with Gasteiger partial charge < -0.3 is 10.2 Å². The highest BCUT2D eigenvalue weighted by molar-refractivity contribution is 5.80. The average molecular weight is 372 g/mol. The predicted molar refractivity (Wildman–Crippen MR) is 107 cm³/mol. The molecule has 5 nitrogen and oxygen atoms in total. The van der Waals surface area contributed by atoms with E-state index in [4.69, 9.17) is 0 Å². The Morgan fingerprint density at radius 2 is 1.74 bits per heavy atom. The first-order valence-corrected chi connectivity index (χ1v) is 10.3. The van der Waals surface area contributed by atoms with Crippen molar-refractivity contribution < 1.29 is 9.59 Å². The summed E-state index contributed by atoms with van der Waals surface area (Å²) >= 11 is 0. The van der Waals surface area contributed by atoms with Crippen LogP contribution in [-0.2, 0) is 22.6 Å². The third-order valence-electron chi connectivity index (χ3n) is 6.03. The number of hydrogen-bond acceptors (Lipinski definition) is 3. The zero-order chi connectivity index (χ0) is 19.4. The van der Waals surface area contributed by atoms with Crippen molar-refractivity contribution in [3.8, 4) is 0 Å². The molecule has 1 unspecified atom stereocenters. The number of amides is 2. The highest BCUT2D eigenvalue weighted by atomic mass is 16.2. The van der Waals surface area contributed by atoms with Gasteiger partial charge in [0.05, 0.1) is 0 Å². The van der Waals surface area contributed by atoms with Crippen molar-refractivity contribution in [2.45, 2.75) is 52.6 Å². The Morgan fingerprint density at radius 3 is 2.41 bits per heavy atom. The molecule has 1 fully saturated rings. The molecule has 148 valence electrons. The molecule has 0 radical (unpaired) electrons. The molecule has 0 aromatic heterocycles. The van der Waals surface area contributed by atoms with Gasteiger partial charge in [-0.25, -0.2) is 0 Å². The van der Waals surface area contributed by atoms with Gasteiger partial charge >= 0.3 is 0 Å². The molecular weight excluding hydrogens is 338 g/mol. The van der Waals surface area contributed by atoms with Crippen molar-refractivity contribution >= 4 is 11.8 Å². The molecule has 5 heteroatoms. The van der Waals surface area contributed by atoms with Gasteiger partial charge in [-0.2, -0.15) is 0 Å². The van der Waals surface area contributed by atoms with Gasteiger partial charge in [-0.1, -0.05) is 38.1 Å². The van der Waals surface area contributed by atoms with Crippen LogP contribution in [0.25, 0.3) is 0 Å². The molecule has 1 aromatic rings. The summed E-state index contributed by atoms with van der Waals surface area (Å²) in [6.07, 6.45) is 2.63. The van der Waals surface area contributed by atoms with Crippen LogP contribution in [0.5, 0.6) is 0 Å². The van der Waals surface area contributed by atoms with E-state index in [0.717, 1.165) is 32.4 Å². The van der Waals surface area contributed by atoms with Crippen LogP contribution >= 0.6 is 0 Å². The largest absolute Gasteiger partial charge is 0.354 e. The molecule has 2 amide bonds. The summed E-state index contributed by atoms with van der Waals surface area (Å²) in [6.45, 7) is 10.2. The molecule has 2 aliphatic rings. The summed E-state index contributed by atoms with van der Waals surface area (Å²) in [5.41, 5.74) is 2.86. The number of carbonyl (C=O) groups is 2. The number of piperidine rings is 1. The van der Waals surface area contributed by atoms with E-state index in [0.29, 0.717) is 25.7 Å². The minimum atomic E-state index is 0.0332. The molecule has 0 bridgehead atoms. The van der Waals surface area contributed by atoms with Crippen LogP contribution in [0.1, 0.15) is 44.7 Å². The Labute approximate surface area is 163 Å². The fraction of sp³-hybridized carbons (Fsp3) is 0.636.